The van der Waals surface area contributed by atoms with Crippen molar-refractivity contribution in [3.8, 4) is 0 Å². The number of nitrogens with one attached hydrogen (secondary N) is 2. The van der Waals surface area contributed by atoms with Crippen LogP contribution in [0.4, 0.5) is 10.1 Å². The summed E-state index contributed by atoms with van der Waals surface area (Å²) in [6, 6.07) is 4.37. The van der Waals surface area contributed by atoms with Crippen LogP contribution in [-0.4, -0.2) is 25.0 Å². The van der Waals surface area contributed by atoms with Crippen LogP contribution in [0, 0.1) is 11.2 Å². The predicted molar refractivity (Wildman–Crippen MR) is 78.2 cm³/mol. The number of hydrogen-bond donors (Lipinski definition) is 3. The second-order valence-corrected chi connectivity index (χ2v) is 6.03. The normalized spacial score (nSPS) is 21.4. The highest BCUT2D eigenvalue weighted by Crippen LogP contribution is 2.30. The Morgan fingerprint density at radius 3 is 2.95 bits per heavy atom. The lowest BCUT2D eigenvalue weighted by Gasteiger charge is -2.39. The Balaban J connectivity index is 2.09. The summed E-state index contributed by atoms with van der Waals surface area (Å²) in [5.74, 6) is -1.08. The minimum Gasteiger partial charge on any atom is -0.383 e. The molecule has 0 aliphatic carbocycles. The highest BCUT2D eigenvalue weighted by molar-refractivity contribution is 5.98. The van der Waals surface area contributed by atoms with Crippen molar-refractivity contribution in [2.24, 2.45) is 11.1 Å². The maximum absolute atomic E-state index is 13.2. The Hall–Kier alpha value is -1.62. The zero-order chi connectivity index (χ0) is 14.8. The number of amides is 1. The summed E-state index contributed by atoms with van der Waals surface area (Å²) in [5, 5.41) is 6.70. The highest BCUT2D eigenvalue weighted by atomic mass is 19.1. The van der Waals surface area contributed by atoms with Gasteiger partial charge < -0.3 is 16.4 Å². The minimum atomic E-state index is -0.622. The fourth-order valence-electron chi connectivity index (χ4n) is 2.71. The maximum Gasteiger partial charge on any atom is 0.250 e. The Morgan fingerprint density at radius 2 is 2.30 bits per heavy atom. The van der Waals surface area contributed by atoms with Crippen LogP contribution in [0.1, 0.15) is 37.0 Å². The quantitative estimate of drug-likeness (QED) is 0.791. The van der Waals surface area contributed by atoms with Gasteiger partial charge in [-0.15, -0.1) is 0 Å². The molecule has 1 aliphatic rings. The Kier molecular flexibility index (Phi) is 4.28. The molecule has 110 valence electrons. The van der Waals surface area contributed by atoms with Crippen LogP contribution in [0.5, 0.6) is 0 Å². The Labute approximate surface area is 118 Å². The van der Waals surface area contributed by atoms with Crippen LogP contribution in [0.15, 0.2) is 18.2 Å². The van der Waals surface area contributed by atoms with Crippen molar-refractivity contribution < 1.29 is 9.18 Å². The van der Waals surface area contributed by atoms with Gasteiger partial charge in [0.05, 0.1) is 5.56 Å². The van der Waals surface area contributed by atoms with E-state index in [2.05, 4.69) is 24.5 Å². The molecule has 1 saturated heterocycles. The first-order valence-electron chi connectivity index (χ1n) is 6.97. The summed E-state index contributed by atoms with van der Waals surface area (Å²) in [7, 11) is 0. The monoisotopic (exact) mass is 279 g/mol. The van der Waals surface area contributed by atoms with E-state index in [4.69, 9.17) is 5.73 Å². The molecule has 4 nitrogen and oxygen atoms in total. The number of benzene rings is 1. The zero-order valence-corrected chi connectivity index (χ0v) is 12.0. The molecule has 0 bridgehead atoms. The van der Waals surface area contributed by atoms with E-state index in [1.807, 2.05) is 0 Å². The lowest BCUT2D eigenvalue weighted by Crippen LogP contribution is -2.50. The van der Waals surface area contributed by atoms with Gasteiger partial charge in [-0.25, -0.2) is 4.39 Å². The van der Waals surface area contributed by atoms with Crippen molar-refractivity contribution in [3.05, 3.63) is 29.6 Å². The molecule has 1 fully saturated rings. The SMILES string of the molecule is CC1(C)CCCNC1CNc1ccc(F)cc1C(N)=O. The van der Waals surface area contributed by atoms with E-state index in [-0.39, 0.29) is 11.0 Å². The molecule has 4 N–H and O–H groups in total. The molecule has 2 rings (SSSR count). The van der Waals surface area contributed by atoms with Crippen molar-refractivity contribution >= 4 is 11.6 Å². The summed E-state index contributed by atoms with van der Waals surface area (Å²) in [6.45, 7) is 6.14. The van der Waals surface area contributed by atoms with Crippen molar-refractivity contribution in [2.45, 2.75) is 32.7 Å². The van der Waals surface area contributed by atoms with E-state index >= 15 is 0 Å². The van der Waals surface area contributed by atoms with Crippen LogP contribution < -0.4 is 16.4 Å². The van der Waals surface area contributed by atoms with Gasteiger partial charge in [-0.1, -0.05) is 13.8 Å². The molecule has 1 aliphatic heterocycles. The fraction of sp³-hybridized carbons (Fsp3) is 0.533. The predicted octanol–water partition coefficient (Wildman–Crippen LogP) is 2.11. The summed E-state index contributed by atoms with van der Waals surface area (Å²) >= 11 is 0. The third-order valence-corrected chi connectivity index (χ3v) is 4.08. The maximum atomic E-state index is 13.2. The van der Waals surface area contributed by atoms with Crippen LogP contribution in [-0.2, 0) is 0 Å². The van der Waals surface area contributed by atoms with Crippen molar-refractivity contribution in [1.82, 2.24) is 5.32 Å². The molecule has 0 radical (unpaired) electrons. The van der Waals surface area contributed by atoms with E-state index < -0.39 is 11.7 Å². The number of carbonyl (C=O) groups is 1. The van der Waals surface area contributed by atoms with Crippen molar-refractivity contribution in [1.29, 1.82) is 0 Å². The summed E-state index contributed by atoms with van der Waals surface area (Å²) in [6.07, 6.45) is 2.34. The number of nitrogens with two attached hydrogens (primary N) is 1. The van der Waals surface area contributed by atoms with Gasteiger partial charge in [0.2, 0.25) is 0 Å². The molecule has 1 heterocycles. The number of rotatable bonds is 4. The van der Waals surface area contributed by atoms with Gasteiger partial charge in [0.25, 0.3) is 5.91 Å². The van der Waals surface area contributed by atoms with Crippen LogP contribution >= 0.6 is 0 Å². The van der Waals surface area contributed by atoms with E-state index in [1.54, 1.807) is 6.07 Å². The van der Waals surface area contributed by atoms with E-state index in [0.717, 1.165) is 6.54 Å². The van der Waals surface area contributed by atoms with Gasteiger partial charge >= 0.3 is 0 Å². The highest BCUT2D eigenvalue weighted by Gasteiger charge is 2.31. The van der Waals surface area contributed by atoms with Crippen LogP contribution in [0.25, 0.3) is 0 Å². The van der Waals surface area contributed by atoms with Crippen molar-refractivity contribution in [2.75, 3.05) is 18.4 Å². The lowest BCUT2D eigenvalue weighted by atomic mass is 9.77. The van der Waals surface area contributed by atoms with Crippen LogP contribution in [0.3, 0.4) is 0 Å². The topological polar surface area (TPSA) is 67.2 Å². The molecule has 0 spiro atoms. The van der Waals surface area contributed by atoms with E-state index in [9.17, 15) is 9.18 Å². The van der Waals surface area contributed by atoms with Crippen molar-refractivity contribution in [3.63, 3.8) is 0 Å². The number of carbonyl (C=O) groups excluding carboxylic acids is 1. The molecular weight excluding hydrogens is 257 g/mol. The first-order valence-corrected chi connectivity index (χ1v) is 6.97. The molecule has 1 aromatic rings. The average Bonchev–Trinajstić information content (AvgIpc) is 2.38. The van der Waals surface area contributed by atoms with Crippen LogP contribution in [0.2, 0.25) is 0 Å². The van der Waals surface area contributed by atoms with Gasteiger partial charge in [-0.2, -0.15) is 0 Å². The van der Waals surface area contributed by atoms with Gasteiger partial charge in [-0.05, 0) is 43.0 Å². The molecule has 0 saturated carbocycles. The van der Waals surface area contributed by atoms with Gasteiger partial charge in [0, 0.05) is 18.3 Å². The minimum absolute atomic E-state index is 0.193. The zero-order valence-electron chi connectivity index (χ0n) is 12.0. The second kappa shape index (κ2) is 5.79. The Morgan fingerprint density at radius 1 is 1.55 bits per heavy atom. The molecule has 1 amide bonds. The average molecular weight is 279 g/mol. The molecule has 1 unspecified atom stereocenters. The number of hydrogen-bond acceptors (Lipinski definition) is 3. The second-order valence-electron chi connectivity index (χ2n) is 6.03. The lowest BCUT2D eigenvalue weighted by molar-refractivity contribution is 0.100. The van der Waals surface area contributed by atoms with E-state index in [1.165, 1.54) is 25.0 Å². The summed E-state index contributed by atoms with van der Waals surface area (Å²) in [4.78, 5) is 11.4. The number of primary amides is 1. The molecule has 20 heavy (non-hydrogen) atoms. The first kappa shape index (κ1) is 14.8. The van der Waals surface area contributed by atoms with Gasteiger partial charge in [-0.3, -0.25) is 4.79 Å². The summed E-state index contributed by atoms with van der Waals surface area (Å²) < 4.78 is 13.2. The largest absolute Gasteiger partial charge is 0.383 e. The fourth-order valence-corrected chi connectivity index (χ4v) is 2.71. The molecule has 0 aromatic heterocycles. The molecule has 1 aromatic carbocycles. The van der Waals surface area contributed by atoms with E-state index in [0.29, 0.717) is 18.3 Å². The smallest absolute Gasteiger partial charge is 0.250 e. The number of halogens is 1. The van der Waals surface area contributed by atoms with Gasteiger partial charge in [0.1, 0.15) is 5.82 Å². The third-order valence-electron chi connectivity index (χ3n) is 4.08. The standard InChI is InChI=1S/C15H22FN3O/c1-15(2)6-3-7-18-13(15)9-19-12-5-4-10(16)8-11(12)14(17)20/h4-5,8,13,18-19H,3,6-7,9H2,1-2H3,(H2,17,20). The number of anilines is 1. The van der Waals surface area contributed by atoms with Gasteiger partial charge in [0.15, 0.2) is 0 Å². The Bertz CT molecular complexity index is 502. The first-order chi connectivity index (χ1) is 9.40. The summed E-state index contributed by atoms with van der Waals surface area (Å²) in [5.41, 5.74) is 6.26. The molecule has 1 atom stereocenters. The number of piperidine rings is 1. The molecule has 5 heteroatoms. The third kappa shape index (κ3) is 3.28. The molecular formula is C15H22FN3O.